The number of carbonyl (C=O) groups excluding carboxylic acids is 1. The van der Waals surface area contributed by atoms with Crippen LogP contribution in [0.3, 0.4) is 0 Å². The van der Waals surface area contributed by atoms with Crippen molar-refractivity contribution in [1.29, 1.82) is 0 Å². The van der Waals surface area contributed by atoms with Crippen LogP contribution >= 0.6 is 0 Å². The summed E-state index contributed by atoms with van der Waals surface area (Å²) < 4.78 is 5.02. The predicted molar refractivity (Wildman–Crippen MR) is 91.1 cm³/mol. The highest BCUT2D eigenvalue weighted by molar-refractivity contribution is 5.76. The molecule has 0 radical (unpaired) electrons. The Balaban J connectivity index is 2.98. The first-order valence-electron chi connectivity index (χ1n) is 8.98. The Morgan fingerprint density at radius 2 is 1.70 bits per heavy atom. The van der Waals surface area contributed by atoms with Gasteiger partial charge in [0.2, 0.25) is 0 Å². The number of hydrogen-bond acceptors (Lipinski definition) is 3. The number of carboxylic acid groups (broad SMARTS) is 1. The van der Waals surface area contributed by atoms with E-state index in [1.54, 1.807) is 13.8 Å². The topological polar surface area (TPSA) is 63.6 Å². The highest BCUT2D eigenvalue weighted by Crippen LogP contribution is 2.44. The van der Waals surface area contributed by atoms with E-state index >= 15 is 0 Å². The summed E-state index contributed by atoms with van der Waals surface area (Å²) >= 11 is 0. The van der Waals surface area contributed by atoms with Crippen LogP contribution in [0.5, 0.6) is 0 Å². The normalized spacial score (nSPS) is 20.6. The molecule has 23 heavy (non-hydrogen) atoms. The second kappa shape index (κ2) is 8.16. The summed E-state index contributed by atoms with van der Waals surface area (Å²) in [6.07, 6.45) is 8.08. The van der Waals surface area contributed by atoms with Crippen LogP contribution in [0.4, 0.5) is 0 Å². The van der Waals surface area contributed by atoms with Crippen LogP contribution in [0.15, 0.2) is 0 Å². The first kappa shape index (κ1) is 20.0. The fraction of sp³-hybridized carbons (Fsp3) is 0.895. The van der Waals surface area contributed by atoms with Crippen LogP contribution in [0.2, 0.25) is 0 Å². The van der Waals surface area contributed by atoms with Gasteiger partial charge in [-0.15, -0.1) is 0 Å². The van der Waals surface area contributed by atoms with Crippen molar-refractivity contribution >= 4 is 11.9 Å². The molecule has 0 aromatic carbocycles. The quantitative estimate of drug-likeness (QED) is 0.659. The van der Waals surface area contributed by atoms with Crippen LogP contribution in [-0.4, -0.2) is 24.2 Å². The monoisotopic (exact) mass is 326 g/mol. The fourth-order valence-electron chi connectivity index (χ4n) is 3.95. The van der Waals surface area contributed by atoms with Crippen LogP contribution in [0.25, 0.3) is 0 Å². The summed E-state index contributed by atoms with van der Waals surface area (Å²) in [6.45, 7) is 7.57. The minimum Gasteiger partial charge on any atom is -0.481 e. The molecular weight excluding hydrogens is 292 g/mol. The molecule has 1 saturated carbocycles. The molecule has 4 heteroatoms. The van der Waals surface area contributed by atoms with Gasteiger partial charge in [-0.2, -0.15) is 0 Å². The highest BCUT2D eigenvalue weighted by atomic mass is 16.5. The molecule has 1 N–H and O–H groups in total. The van der Waals surface area contributed by atoms with E-state index < -0.39 is 16.8 Å². The molecular formula is C19H34O4. The predicted octanol–water partition coefficient (Wildman–Crippen LogP) is 4.66. The van der Waals surface area contributed by atoms with Crippen LogP contribution in [-0.2, 0) is 14.3 Å². The summed E-state index contributed by atoms with van der Waals surface area (Å²) in [7, 11) is 1.44. The molecule has 0 spiro atoms. The summed E-state index contributed by atoms with van der Waals surface area (Å²) in [4.78, 5) is 23.8. The van der Waals surface area contributed by atoms with Gasteiger partial charge >= 0.3 is 11.9 Å². The number of methoxy groups -OCH3 is 1. The van der Waals surface area contributed by atoms with Crippen molar-refractivity contribution in [3.05, 3.63) is 0 Å². The first-order valence-corrected chi connectivity index (χ1v) is 8.98. The zero-order valence-electron chi connectivity index (χ0n) is 15.5. The van der Waals surface area contributed by atoms with Gasteiger partial charge in [-0.1, -0.05) is 39.0 Å². The Morgan fingerprint density at radius 1 is 1.13 bits per heavy atom. The number of aliphatic carboxylic acids is 1. The molecule has 0 saturated heterocycles. The Hall–Kier alpha value is -1.06. The third-order valence-electron chi connectivity index (χ3n) is 5.84. The number of hydrogen-bond donors (Lipinski definition) is 1. The minimum absolute atomic E-state index is 0.172. The molecule has 134 valence electrons. The SMILES string of the molecule is CCC(C)(CC(CC(C)(C)C(=O)O)C1CCCCC1)C(=O)OC. The molecule has 1 aliphatic rings. The molecule has 0 amide bonds. The van der Waals surface area contributed by atoms with Gasteiger partial charge < -0.3 is 9.84 Å². The molecule has 0 aromatic rings. The molecule has 2 unspecified atom stereocenters. The van der Waals surface area contributed by atoms with Crippen molar-refractivity contribution in [3.63, 3.8) is 0 Å². The third-order valence-corrected chi connectivity index (χ3v) is 5.84. The van der Waals surface area contributed by atoms with E-state index in [1.165, 1.54) is 26.4 Å². The van der Waals surface area contributed by atoms with Gasteiger partial charge in [-0.3, -0.25) is 9.59 Å². The van der Waals surface area contributed by atoms with Crippen molar-refractivity contribution in [3.8, 4) is 0 Å². The van der Waals surface area contributed by atoms with Crippen molar-refractivity contribution in [2.45, 2.75) is 79.1 Å². The molecule has 0 aliphatic heterocycles. The molecule has 1 rings (SSSR count). The minimum atomic E-state index is -0.757. The lowest BCUT2D eigenvalue weighted by Gasteiger charge is -2.38. The number of carboxylic acids is 1. The highest BCUT2D eigenvalue weighted by Gasteiger charge is 2.41. The van der Waals surface area contributed by atoms with Gasteiger partial charge in [0.1, 0.15) is 0 Å². The number of ether oxygens (including phenoxy) is 1. The van der Waals surface area contributed by atoms with Gasteiger partial charge in [-0.05, 0) is 51.9 Å². The van der Waals surface area contributed by atoms with E-state index in [9.17, 15) is 14.7 Å². The average Bonchev–Trinajstić information content (AvgIpc) is 2.53. The zero-order chi connectivity index (χ0) is 17.7. The van der Waals surface area contributed by atoms with Gasteiger partial charge in [0, 0.05) is 0 Å². The molecule has 2 atom stereocenters. The standard InChI is InChI=1S/C19H34O4/c1-6-19(4,17(22)23-5)13-15(12-18(2,3)16(20)21)14-10-8-7-9-11-14/h14-15H,6-13H2,1-5H3,(H,20,21). The van der Waals surface area contributed by atoms with E-state index in [-0.39, 0.29) is 11.9 Å². The third kappa shape index (κ3) is 5.22. The number of esters is 1. The number of rotatable bonds is 8. The van der Waals surface area contributed by atoms with Gasteiger partial charge in [0.25, 0.3) is 0 Å². The van der Waals surface area contributed by atoms with Crippen molar-refractivity contribution in [2.24, 2.45) is 22.7 Å². The molecule has 1 aliphatic carbocycles. The maximum atomic E-state index is 12.2. The van der Waals surface area contributed by atoms with E-state index in [2.05, 4.69) is 0 Å². The van der Waals surface area contributed by atoms with Crippen molar-refractivity contribution in [2.75, 3.05) is 7.11 Å². The lowest BCUT2D eigenvalue weighted by atomic mass is 9.66. The Bertz CT molecular complexity index is 410. The lowest BCUT2D eigenvalue weighted by Crippen LogP contribution is -2.37. The largest absolute Gasteiger partial charge is 0.481 e. The van der Waals surface area contributed by atoms with Gasteiger partial charge in [0.05, 0.1) is 17.9 Å². The molecule has 0 aromatic heterocycles. The summed E-state index contributed by atoms with van der Waals surface area (Å²) in [5.74, 6) is -0.146. The maximum Gasteiger partial charge on any atom is 0.311 e. The zero-order valence-corrected chi connectivity index (χ0v) is 15.5. The second-order valence-corrected chi connectivity index (χ2v) is 8.16. The number of carbonyl (C=O) groups is 2. The van der Waals surface area contributed by atoms with E-state index in [4.69, 9.17) is 4.74 Å². The maximum absolute atomic E-state index is 12.2. The Morgan fingerprint density at radius 3 is 2.13 bits per heavy atom. The first-order chi connectivity index (χ1) is 10.7. The summed E-state index contributed by atoms with van der Waals surface area (Å²) in [6, 6.07) is 0. The van der Waals surface area contributed by atoms with E-state index in [1.807, 2.05) is 13.8 Å². The molecule has 0 heterocycles. The van der Waals surface area contributed by atoms with E-state index in [0.29, 0.717) is 12.3 Å². The smallest absolute Gasteiger partial charge is 0.311 e. The molecule has 0 bridgehead atoms. The van der Waals surface area contributed by atoms with Crippen molar-refractivity contribution in [1.82, 2.24) is 0 Å². The Labute approximate surface area is 141 Å². The van der Waals surface area contributed by atoms with Crippen LogP contribution in [0, 0.1) is 22.7 Å². The van der Waals surface area contributed by atoms with E-state index in [0.717, 1.165) is 25.7 Å². The molecule has 1 fully saturated rings. The lowest BCUT2D eigenvalue weighted by molar-refractivity contribution is -0.154. The van der Waals surface area contributed by atoms with Crippen molar-refractivity contribution < 1.29 is 19.4 Å². The second-order valence-electron chi connectivity index (χ2n) is 8.16. The fourth-order valence-corrected chi connectivity index (χ4v) is 3.95. The molecule has 4 nitrogen and oxygen atoms in total. The van der Waals surface area contributed by atoms with Crippen LogP contribution < -0.4 is 0 Å². The van der Waals surface area contributed by atoms with Gasteiger partial charge in [-0.25, -0.2) is 0 Å². The van der Waals surface area contributed by atoms with Gasteiger partial charge in [0.15, 0.2) is 0 Å². The Kier molecular flexibility index (Phi) is 7.09. The van der Waals surface area contributed by atoms with Crippen LogP contribution in [0.1, 0.15) is 79.1 Å². The summed E-state index contributed by atoms with van der Waals surface area (Å²) in [5.41, 5.74) is -1.28. The average molecular weight is 326 g/mol. The summed E-state index contributed by atoms with van der Waals surface area (Å²) in [5, 5.41) is 9.51.